The molecule has 0 radical (unpaired) electrons. The minimum atomic E-state index is -0.331. The van der Waals surface area contributed by atoms with Crippen LogP contribution in [-0.2, 0) is 6.54 Å². The molecular formula is C16H19NO3. The molecule has 1 fully saturated rings. The summed E-state index contributed by atoms with van der Waals surface area (Å²) in [6, 6.07) is 6.93. The Hall–Kier alpha value is -1.81. The Labute approximate surface area is 117 Å². The van der Waals surface area contributed by atoms with Crippen LogP contribution in [0, 0.1) is 0 Å². The third kappa shape index (κ3) is 2.56. The van der Waals surface area contributed by atoms with E-state index in [0.717, 1.165) is 24.0 Å². The second-order valence-electron chi connectivity index (χ2n) is 5.59. The van der Waals surface area contributed by atoms with Gasteiger partial charge in [0.2, 0.25) is 0 Å². The van der Waals surface area contributed by atoms with Gasteiger partial charge in [-0.3, -0.25) is 4.90 Å². The van der Waals surface area contributed by atoms with Gasteiger partial charge in [-0.15, -0.1) is 0 Å². The molecule has 1 atom stereocenters. The fourth-order valence-corrected chi connectivity index (χ4v) is 2.96. The van der Waals surface area contributed by atoms with Crippen LogP contribution in [0.2, 0.25) is 0 Å². The lowest BCUT2D eigenvalue weighted by Crippen LogP contribution is -2.36. The van der Waals surface area contributed by atoms with E-state index in [1.165, 1.54) is 19.3 Å². The number of piperidine rings is 1. The number of rotatable bonds is 2. The first-order valence-corrected chi connectivity index (χ1v) is 7.13. The fourth-order valence-electron chi connectivity index (χ4n) is 2.96. The number of phenolic OH excluding ortho intramolecular Hbond substituents is 1. The molecule has 0 spiro atoms. The Morgan fingerprint density at radius 3 is 3.00 bits per heavy atom. The zero-order valence-corrected chi connectivity index (χ0v) is 11.6. The maximum atomic E-state index is 11.7. The highest BCUT2D eigenvalue weighted by Crippen LogP contribution is 2.25. The van der Waals surface area contributed by atoms with E-state index >= 15 is 0 Å². The largest absolute Gasteiger partial charge is 0.508 e. The molecule has 1 aromatic heterocycles. The topological polar surface area (TPSA) is 53.7 Å². The van der Waals surface area contributed by atoms with E-state index in [0.29, 0.717) is 11.6 Å². The van der Waals surface area contributed by atoms with E-state index in [2.05, 4.69) is 11.8 Å². The molecule has 1 unspecified atom stereocenters. The van der Waals surface area contributed by atoms with E-state index in [1.54, 1.807) is 24.3 Å². The Bertz CT molecular complexity index is 677. The van der Waals surface area contributed by atoms with Crippen molar-refractivity contribution < 1.29 is 9.52 Å². The van der Waals surface area contributed by atoms with Crippen molar-refractivity contribution in [3.63, 3.8) is 0 Å². The summed E-state index contributed by atoms with van der Waals surface area (Å²) in [5.41, 5.74) is 1.14. The Morgan fingerprint density at radius 1 is 1.35 bits per heavy atom. The lowest BCUT2D eigenvalue weighted by molar-refractivity contribution is 0.153. The van der Waals surface area contributed by atoms with Crippen LogP contribution in [0.3, 0.4) is 0 Å². The van der Waals surface area contributed by atoms with Gasteiger partial charge in [0.25, 0.3) is 0 Å². The van der Waals surface area contributed by atoms with Crippen LogP contribution in [0.15, 0.2) is 33.5 Å². The predicted molar refractivity (Wildman–Crippen MR) is 77.9 cm³/mol. The highest BCUT2D eigenvalue weighted by atomic mass is 16.4. The van der Waals surface area contributed by atoms with Crippen molar-refractivity contribution >= 4 is 11.0 Å². The summed E-state index contributed by atoms with van der Waals surface area (Å²) < 4.78 is 5.19. The van der Waals surface area contributed by atoms with E-state index < -0.39 is 0 Å². The summed E-state index contributed by atoms with van der Waals surface area (Å²) in [6.45, 7) is 4.01. The summed E-state index contributed by atoms with van der Waals surface area (Å²) >= 11 is 0. The normalized spacial score (nSPS) is 20.4. The van der Waals surface area contributed by atoms with Gasteiger partial charge in [0.15, 0.2) is 0 Å². The van der Waals surface area contributed by atoms with Gasteiger partial charge in [-0.1, -0.05) is 6.42 Å². The molecule has 1 aromatic carbocycles. The molecule has 1 N–H and O–H groups in total. The van der Waals surface area contributed by atoms with E-state index in [-0.39, 0.29) is 11.4 Å². The van der Waals surface area contributed by atoms with Gasteiger partial charge in [-0.25, -0.2) is 4.79 Å². The summed E-state index contributed by atoms with van der Waals surface area (Å²) in [5.74, 6) is 0.194. The molecule has 1 saturated heterocycles. The molecule has 3 rings (SSSR count). The molecule has 1 aliphatic heterocycles. The summed E-state index contributed by atoms with van der Waals surface area (Å²) in [5, 5.41) is 10.5. The van der Waals surface area contributed by atoms with Crippen LogP contribution in [-0.4, -0.2) is 22.6 Å². The van der Waals surface area contributed by atoms with Gasteiger partial charge in [-0.05, 0) is 50.1 Å². The molecule has 20 heavy (non-hydrogen) atoms. The molecule has 0 amide bonds. The molecule has 4 heteroatoms. The third-order valence-corrected chi connectivity index (χ3v) is 4.13. The smallest absolute Gasteiger partial charge is 0.336 e. The number of nitrogens with zero attached hydrogens (tertiary/aromatic N) is 1. The minimum absolute atomic E-state index is 0.194. The Morgan fingerprint density at radius 2 is 2.20 bits per heavy atom. The predicted octanol–water partition coefficient (Wildman–Crippen LogP) is 2.87. The molecule has 0 saturated carbocycles. The monoisotopic (exact) mass is 273 g/mol. The highest BCUT2D eigenvalue weighted by Gasteiger charge is 2.19. The molecule has 2 aromatic rings. The van der Waals surface area contributed by atoms with Gasteiger partial charge in [-0.2, -0.15) is 0 Å². The minimum Gasteiger partial charge on any atom is -0.508 e. The highest BCUT2D eigenvalue weighted by molar-refractivity contribution is 5.81. The third-order valence-electron chi connectivity index (χ3n) is 4.13. The molecule has 1 aliphatic rings. The maximum absolute atomic E-state index is 11.7. The summed E-state index contributed by atoms with van der Waals surface area (Å²) in [7, 11) is 0. The standard InChI is InChI=1S/C16H19NO3/c1-11-4-2-3-7-17(11)10-12-8-16(19)20-15-6-5-13(18)9-14(12)15/h5-6,8-9,11,18H,2-4,7,10H2,1H3. The van der Waals surface area contributed by atoms with Gasteiger partial charge in [0.05, 0.1) is 0 Å². The average Bonchev–Trinajstić information content (AvgIpc) is 2.42. The van der Waals surface area contributed by atoms with Gasteiger partial charge >= 0.3 is 5.63 Å². The van der Waals surface area contributed by atoms with Crippen molar-refractivity contribution in [3.05, 3.63) is 40.2 Å². The van der Waals surface area contributed by atoms with E-state index in [1.807, 2.05) is 0 Å². The first-order valence-electron chi connectivity index (χ1n) is 7.13. The van der Waals surface area contributed by atoms with Crippen LogP contribution in [0.1, 0.15) is 31.7 Å². The van der Waals surface area contributed by atoms with Gasteiger partial charge in [0.1, 0.15) is 11.3 Å². The number of benzene rings is 1. The second-order valence-corrected chi connectivity index (χ2v) is 5.59. The number of hydrogen-bond donors (Lipinski definition) is 1. The van der Waals surface area contributed by atoms with E-state index in [4.69, 9.17) is 4.42 Å². The molecule has 2 heterocycles. The molecule has 106 valence electrons. The van der Waals surface area contributed by atoms with Gasteiger partial charge < -0.3 is 9.52 Å². The van der Waals surface area contributed by atoms with Crippen LogP contribution < -0.4 is 5.63 Å². The fraction of sp³-hybridized carbons (Fsp3) is 0.438. The van der Waals surface area contributed by atoms with Crippen molar-refractivity contribution in [1.29, 1.82) is 0 Å². The first kappa shape index (κ1) is 13.2. The Balaban J connectivity index is 2.01. The number of aromatic hydroxyl groups is 1. The maximum Gasteiger partial charge on any atom is 0.336 e. The lowest BCUT2D eigenvalue weighted by atomic mass is 10.0. The average molecular weight is 273 g/mol. The molecule has 0 aliphatic carbocycles. The van der Waals surface area contributed by atoms with Crippen LogP contribution >= 0.6 is 0 Å². The zero-order chi connectivity index (χ0) is 14.1. The van der Waals surface area contributed by atoms with Gasteiger partial charge in [0, 0.05) is 24.0 Å². The van der Waals surface area contributed by atoms with Crippen molar-refractivity contribution in [2.45, 2.75) is 38.8 Å². The molecule has 4 nitrogen and oxygen atoms in total. The summed E-state index contributed by atoms with van der Waals surface area (Å²) in [4.78, 5) is 14.1. The SMILES string of the molecule is CC1CCCCN1Cc1cc(=O)oc2ccc(O)cc12. The molecule has 0 bridgehead atoms. The van der Waals surface area contributed by atoms with Crippen LogP contribution in [0.25, 0.3) is 11.0 Å². The quantitative estimate of drug-likeness (QED) is 0.855. The second kappa shape index (κ2) is 5.29. The van der Waals surface area contributed by atoms with Crippen LogP contribution in [0.4, 0.5) is 0 Å². The van der Waals surface area contributed by atoms with E-state index in [9.17, 15) is 9.90 Å². The summed E-state index contributed by atoms with van der Waals surface area (Å²) in [6.07, 6.45) is 3.68. The Kier molecular flexibility index (Phi) is 3.49. The number of likely N-dealkylation sites (tertiary alicyclic amines) is 1. The number of fused-ring (bicyclic) bond motifs is 1. The first-order chi connectivity index (χ1) is 9.63. The number of phenols is 1. The van der Waals surface area contributed by atoms with Crippen molar-refractivity contribution in [2.75, 3.05) is 6.54 Å². The van der Waals surface area contributed by atoms with Crippen molar-refractivity contribution in [3.8, 4) is 5.75 Å². The zero-order valence-electron chi connectivity index (χ0n) is 11.6. The van der Waals surface area contributed by atoms with Crippen LogP contribution in [0.5, 0.6) is 5.75 Å². The lowest BCUT2D eigenvalue weighted by Gasteiger charge is -2.33. The van der Waals surface area contributed by atoms with Crippen molar-refractivity contribution in [2.24, 2.45) is 0 Å². The number of hydrogen-bond acceptors (Lipinski definition) is 4. The van der Waals surface area contributed by atoms with Crippen molar-refractivity contribution in [1.82, 2.24) is 4.90 Å². The molecular weight excluding hydrogens is 254 g/mol.